The number of rotatable bonds is 10. The molecule has 0 aliphatic rings. The summed E-state index contributed by atoms with van der Waals surface area (Å²) in [6, 6.07) is 19.8. The summed E-state index contributed by atoms with van der Waals surface area (Å²) in [6.07, 6.45) is 1.54. The molecule has 230 valence electrons. The van der Waals surface area contributed by atoms with E-state index in [1.54, 1.807) is 66.7 Å². The number of ether oxygens (including phenoxy) is 1. The summed E-state index contributed by atoms with van der Waals surface area (Å²) in [5.74, 6) is -0.927. The molecule has 13 heteroatoms. The molecule has 0 bridgehead atoms. The molecule has 0 atom stereocenters. The third kappa shape index (κ3) is 6.70. The van der Waals surface area contributed by atoms with Crippen LogP contribution in [0.15, 0.2) is 91.7 Å². The number of H-pyrrole nitrogens is 1. The van der Waals surface area contributed by atoms with Crippen LogP contribution in [0, 0.1) is 5.82 Å². The van der Waals surface area contributed by atoms with E-state index in [1.807, 2.05) is 6.92 Å². The number of benzene rings is 3. The Bertz CT molecular complexity index is 2240. The molecule has 0 radical (unpaired) electrons. The van der Waals surface area contributed by atoms with E-state index < -0.39 is 35.2 Å². The van der Waals surface area contributed by atoms with Gasteiger partial charge in [0.15, 0.2) is 11.6 Å². The Balaban J connectivity index is 0.00000250. The summed E-state index contributed by atoms with van der Waals surface area (Å²) in [7, 11) is 1.51. The molecular weight excluding hydrogens is 639 g/mol. The number of thiophene rings is 1. The minimum absolute atomic E-state index is 0. The first-order chi connectivity index (χ1) is 21.8. The molecular formula is C33H28FKN4O6S. The van der Waals surface area contributed by atoms with Crippen molar-refractivity contribution in [3.63, 3.8) is 0 Å². The number of hydrogen-bond acceptors (Lipinski definition) is 8. The van der Waals surface area contributed by atoms with Crippen LogP contribution >= 0.6 is 11.3 Å². The third-order valence-electron chi connectivity index (χ3n) is 7.47. The van der Waals surface area contributed by atoms with E-state index in [0.29, 0.717) is 44.6 Å². The zero-order valence-corrected chi connectivity index (χ0v) is 29.3. The molecule has 1 N–H and O–H groups in total. The van der Waals surface area contributed by atoms with Gasteiger partial charge in [0.25, 0.3) is 5.56 Å². The second kappa shape index (κ2) is 14.4. The van der Waals surface area contributed by atoms with Gasteiger partial charge in [0.1, 0.15) is 16.4 Å². The summed E-state index contributed by atoms with van der Waals surface area (Å²) in [4.78, 5) is 55.9. The van der Waals surface area contributed by atoms with Crippen LogP contribution < -0.4 is 73.1 Å². The fourth-order valence-electron chi connectivity index (χ4n) is 5.21. The first kappa shape index (κ1) is 33.6. The summed E-state index contributed by atoms with van der Waals surface area (Å²) < 4.78 is 27.8. The smallest absolute Gasteiger partial charge is 1.00 e. The molecule has 3 aromatic carbocycles. The number of aromatic nitrogens is 4. The summed E-state index contributed by atoms with van der Waals surface area (Å²) in [5.41, 5.74) is 0.941. The molecule has 0 spiro atoms. The number of nitrogens with zero attached hydrogens (tertiary/aromatic N) is 3. The third-order valence-corrected chi connectivity index (χ3v) is 8.69. The van der Waals surface area contributed by atoms with Crippen molar-refractivity contribution in [2.45, 2.75) is 32.9 Å². The first-order valence-electron chi connectivity index (χ1n) is 14.1. The van der Waals surface area contributed by atoms with Crippen LogP contribution in [0.3, 0.4) is 0 Å². The molecule has 10 nitrogen and oxygen atoms in total. The minimum Gasteiger partial charge on any atom is -1.00 e. The molecule has 0 saturated carbocycles. The van der Waals surface area contributed by atoms with Gasteiger partial charge in [-0.05, 0) is 53.9 Å². The number of nitrogens with one attached hydrogen (secondary N) is 1. The Kier molecular flexibility index (Phi) is 10.5. The predicted octanol–water partition coefficient (Wildman–Crippen LogP) is 2.38. The van der Waals surface area contributed by atoms with Gasteiger partial charge in [-0.25, -0.2) is 14.0 Å². The zero-order chi connectivity index (χ0) is 31.7. The second-order valence-electron chi connectivity index (χ2n) is 10.4. The minimum atomic E-state index is -0.708. The van der Waals surface area contributed by atoms with Gasteiger partial charge < -0.3 is 6.16 Å². The quantitative estimate of drug-likeness (QED) is 0.176. The monoisotopic (exact) mass is 666 g/mol. The van der Waals surface area contributed by atoms with Crippen LogP contribution in [0.5, 0.6) is 5.75 Å². The van der Waals surface area contributed by atoms with Crippen LogP contribution in [0.25, 0.3) is 32.7 Å². The van der Waals surface area contributed by atoms with Gasteiger partial charge in [-0.3, -0.25) is 28.2 Å². The van der Waals surface area contributed by atoms with E-state index in [9.17, 15) is 19.2 Å². The van der Waals surface area contributed by atoms with Gasteiger partial charge >= 0.3 is 62.8 Å². The Hall–Kier alpha value is -3.72. The molecule has 3 aromatic heterocycles. The Morgan fingerprint density at radius 3 is 2.41 bits per heavy atom. The van der Waals surface area contributed by atoms with Gasteiger partial charge in [-0.1, -0.05) is 54.9 Å². The Morgan fingerprint density at radius 1 is 1.02 bits per heavy atom. The van der Waals surface area contributed by atoms with Crippen molar-refractivity contribution in [2.75, 3.05) is 7.11 Å². The van der Waals surface area contributed by atoms with E-state index >= 15 is 4.39 Å². The molecule has 0 saturated heterocycles. The zero-order valence-electron chi connectivity index (χ0n) is 26.3. The van der Waals surface area contributed by atoms with Gasteiger partial charge in [0.05, 0.1) is 25.6 Å². The van der Waals surface area contributed by atoms with Crippen molar-refractivity contribution in [3.05, 3.63) is 126 Å². The number of carbonyl (C=O) groups excluding carboxylic acids is 1. The van der Waals surface area contributed by atoms with Crippen molar-refractivity contribution < 1.29 is 71.3 Å². The van der Waals surface area contributed by atoms with Crippen LogP contribution in [-0.2, 0) is 19.5 Å². The number of ketones is 1. The molecule has 3 heterocycles. The molecule has 0 aliphatic heterocycles. The number of Topliss-reactive ketones (excluding diaryl/α,β-unsaturated/α-hetero) is 1. The standard InChI is InChI=1S/C33H27FN4O6S.K.H/c1-3-6-23-16-26-30(40)37(18-28(39)19-11-13-22(43-2)14-12-19)33(42)38(31(26)45-23)17-21-10-9-20(15-27(21)34)24-7-4-5-8-25(24)29-35-32(41)44-36-29;;/h4-5,7-16H,3,6,17-18H2,1-2H3,(H,35,36,41);;/q;+1;-1. The van der Waals surface area contributed by atoms with Gasteiger partial charge in [0.2, 0.25) is 0 Å². The molecule has 0 unspecified atom stereocenters. The first-order valence-corrected chi connectivity index (χ1v) is 15.0. The number of fused-ring (bicyclic) bond motifs is 1. The maximum Gasteiger partial charge on any atom is 1.00 e. The van der Waals surface area contributed by atoms with Crippen molar-refractivity contribution in [1.29, 1.82) is 0 Å². The van der Waals surface area contributed by atoms with E-state index in [1.165, 1.54) is 29.1 Å². The van der Waals surface area contributed by atoms with Crippen LogP contribution in [0.1, 0.15) is 35.6 Å². The van der Waals surface area contributed by atoms with Gasteiger partial charge in [-0.15, -0.1) is 11.3 Å². The molecule has 0 fully saturated rings. The number of methoxy groups -OCH3 is 1. The van der Waals surface area contributed by atoms with Crippen molar-refractivity contribution in [3.8, 4) is 28.3 Å². The van der Waals surface area contributed by atoms with Crippen LogP contribution in [-0.4, -0.2) is 32.2 Å². The van der Waals surface area contributed by atoms with E-state index in [-0.39, 0.29) is 70.7 Å². The SMILES string of the molecule is CCCc1cc2c(=O)n(CC(=O)c3ccc(OC)cc3)c(=O)n(Cc3ccc(-c4ccccc4-c4noc(=O)[nH]4)cc3F)c2s1.[H-].[K+]. The second-order valence-corrected chi connectivity index (χ2v) is 11.5. The van der Waals surface area contributed by atoms with E-state index in [0.717, 1.165) is 15.9 Å². The molecule has 0 amide bonds. The number of aromatic amines is 1. The summed E-state index contributed by atoms with van der Waals surface area (Å²) in [5, 5.41) is 4.06. The van der Waals surface area contributed by atoms with Crippen LogP contribution in [0.4, 0.5) is 4.39 Å². The van der Waals surface area contributed by atoms with Crippen molar-refractivity contribution >= 4 is 27.3 Å². The Labute approximate surface area is 309 Å². The summed E-state index contributed by atoms with van der Waals surface area (Å²) in [6.45, 7) is 1.38. The van der Waals surface area contributed by atoms with E-state index in [4.69, 9.17) is 4.74 Å². The van der Waals surface area contributed by atoms with E-state index in [2.05, 4.69) is 14.7 Å². The molecule has 6 rings (SSSR count). The largest absolute Gasteiger partial charge is 1.00 e. The van der Waals surface area contributed by atoms with Crippen LogP contribution in [0.2, 0.25) is 0 Å². The van der Waals surface area contributed by atoms with Crippen molar-refractivity contribution in [2.24, 2.45) is 0 Å². The maximum atomic E-state index is 15.8. The number of halogens is 1. The average molecular weight is 667 g/mol. The predicted molar refractivity (Wildman–Crippen MR) is 170 cm³/mol. The van der Waals surface area contributed by atoms with Gasteiger partial charge in [0, 0.05) is 21.6 Å². The van der Waals surface area contributed by atoms with Crippen molar-refractivity contribution in [1.82, 2.24) is 19.3 Å². The fourth-order valence-corrected chi connectivity index (χ4v) is 6.45. The molecule has 6 aromatic rings. The topological polar surface area (TPSA) is 129 Å². The number of carbonyl (C=O) groups is 1. The van der Waals surface area contributed by atoms with Gasteiger partial charge in [-0.2, -0.15) is 0 Å². The number of hydrogen-bond donors (Lipinski definition) is 1. The average Bonchev–Trinajstić information content (AvgIpc) is 3.68. The normalized spacial score (nSPS) is 11.0. The molecule has 0 aliphatic carbocycles. The molecule has 46 heavy (non-hydrogen) atoms. The number of aryl methyl sites for hydroxylation is 1. The fraction of sp³-hybridized carbons (Fsp3) is 0.182. The maximum absolute atomic E-state index is 15.8. The Morgan fingerprint density at radius 2 is 1.76 bits per heavy atom. The summed E-state index contributed by atoms with van der Waals surface area (Å²) >= 11 is 1.32.